The van der Waals surface area contributed by atoms with E-state index >= 15 is 0 Å². The first-order chi connectivity index (χ1) is 8.32. The fourth-order valence-electron chi connectivity index (χ4n) is 1.34. The van der Waals surface area contributed by atoms with Gasteiger partial charge in [-0.15, -0.1) is 0 Å². The Kier molecular flexibility index (Phi) is 3.77. The van der Waals surface area contributed by atoms with E-state index in [2.05, 4.69) is 0 Å². The van der Waals surface area contributed by atoms with Crippen LogP contribution in [-0.4, -0.2) is 26.0 Å². The number of carbonyl (C=O) groups is 1. The number of hydrogen-bond donors (Lipinski definition) is 2. The highest BCUT2D eigenvalue weighted by Gasteiger charge is 2.23. The normalized spacial score (nSPS) is 10.0. The van der Waals surface area contributed by atoms with Crippen LogP contribution >= 0.6 is 0 Å². The summed E-state index contributed by atoms with van der Waals surface area (Å²) in [4.78, 5) is 29.7. The number of aryl methyl sites for hydroxylation is 1. The fraction of sp³-hybridized carbons (Fsp3) is 0.222. The summed E-state index contributed by atoms with van der Waals surface area (Å²) in [6.07, 6.45) is -0.629. The molecule has 1 aromatic carbocycles. The van der Waals surface area contributed by atoms with Crippen molar-refractivity contribution >= 4 is 17.3 Å². The van der Waals surface area contributed by atoms with Gasteiger partial charge >= 0.3 is 11.7 Å². The van der Waals surface area contributed by atoms with Gasteiger partial charge < -0.3 is 10.2 Å². The van der Waals surface area contributed by atoms with E-state index in [0.717, 1.165) is 6.07 Å². The van der Waals surface area contributed by atoms with Crippen LogP contribution in [0.3, 0.4) is 0 Å². The van der Waals surface area contributed by atoms with Crippen LogP contribution in [0.2, 0.25) is 0 Å². The van der Waals surface area contributed by atoms with Crippen molar-refractivity contribution in [2.45, 2.75) is 12.8 Å². The number of aromatic hydroxyl groups is 1. The van der Waals surface area contributed by atoms with Crippen LogP contribution in [0.15, 0.2) is 12.1 Å². The zero-order valence-corrected chi connectivity index (χ0v) is 8.90. The Hall–Kier alpha value is -2.71. The molecule has 9 nitrogen and oxygen atoms in total. The molecule has 96 valence electrons. The van der Waals surface area contributed by atoms with E-state index < -0.39 is 39.4 Å². The number of phenols is 1. The molecule has 0 saturated heterocycles. The van der Waals surface area contributed by atoms with Crippen LogP contribution in [0.1, 0.15) is 12.0 Å². The van der Waals surface area contributed by atoms with Crippen LogP contribution < -0.4 is 0 Å². The lowest BCUT2D eigenvalue weighted by Crippen LogP contribution is -2.01. The van der Waals surface area contributed by atoms with Crippen molar-refractivity contribution in [3.05, 3.63) is 37.9 Å². The zero-order chi connectivity index (χ0) is 13.9. The zero-order valence-electron chi connectivity index (χ0n) is 8.90. The van der Waals surface area contributed by atoms with E-state index in [0.29, 0.717) is 6.07 Å². The molecule has 0 fully saturated rings. The highest BCUT2D eigenvalue weighted by atomic mass is 16.6. The second-order valence-corrected chi connectivity index (χ2v) is 3.38. The average Bonchev–Trinajstić information content (AvgIpc) is 2.26. The summed E-state index contributed by atoms with van der Waals surface area (Å²) in [5.41, 5.74) is -1.53. The van der Waals surface area contributed by atoms with Gasteiger partial charge in [0.05, 0.1) is 15.9 Å². The molecule has 0 heterocycles. The Bertz CT molecular complexity index is 526. The van der Waals surface area contributed by atoms with Gasteiger partial charge in [0.2, 0.25) is 0 Å². The molecule has 0 spiro atoms. The number of nitro groups is 2. The lowest BCUT2D eigenvalue weighted by molar-refractivity contribution is -0.394. The molecule has 0 aliphatic heterocycles. The molecule has 0 amide bonds. The number of aliphatic carboxylic acids is 1. The van der Waals surface area contributed by atoms with Crippen molar-refractivity contribution in [1.82, 2.24) is 0 Å². The summed E-state index contributed by atoms with van der Waals surface area (Å²) in [5.74, 6) is -1.92. The quantitative estimate of drug-likeness (QED) is 0.595. The largest absolute Gasteiger partial charge is 0.502 e. The van der Waals surface area contributed by atoms with E-state index in [4.69, 9.17) is 5.11 Å². The number of carboxylic acid groups (broad SMARTS) is 1. The van der Waals surface area contributed by atoms with Gasteiger partial charge in [-0.05, 0) is 6.42 Å². The van der Waals surface area contributed by atoms with E-state index in [1.54, 1.807) is 0 Å². The lowest BCUT2D eigenvalue weighted by Gasteiger charge is -2.03. The number of non-ortho nitro benzene ring substituents is 1. The first kappa shape index (κ1) is 13.4. The van der Waals surface area contributed by atoms with Crippen molar-refractivity contribution in [3.63, 3.8) is 0 Å². The Balaban J connectivity index is 3.26. The fourth-order valence-corrected chi connectivity index (χ4v) is 1.34. The molecule has 0 aliphatic rings. The third-order valence-electron chi connectivity index (χ3n) is 2.17. The third-order valence-corrected chi connectivity index (χ3v) is 2.17. The van der Waals surface area contributed by atoms with Crippen molar-refractivity contribution in [2.24, 2.45) is 0 Å². The summed E-state index contributed by atoms with van der Waals surface area (Å²) < 4.78 is 0. The van der Waals surface area contributed by atoms with E-state index in [-0.39, 0.29) is 12.0 Å². The molecule has 9 heteroatoms. The molecular formula is C9H8N2O7. The molecule has 0 aromatic heterocycles. The Morgan fingerprint density at radius 1 is 1.22 bits per heavy atom. The molecule has 18 heavy (non-hydrogen) atoms. The SMILES string of the molecule is O=C(O)CCc1cc([N+](=O)[O-])cc([N+](=O)[O-])c1O. The first-order valence-electron chi connectivity index (χ1n) is 4.69. The van der Waals surface area contributed by atoms with Crippen LogP contribution in [-0.2, 0) is 11.2 Å². The topological polar surface area (TPSA) is 144 Å². The van der Waals surface area contributed by atoms with Crippen LogP contribution in [0.25, 0.3) is 0 Å². The van der Waals surface area contributed by atoms with E-state index in [9.17, 15) is 30.1 Å². The van der Waals surface area contributed by atoms with Crippen molar-refractivity contribution in [2.75, 3.05) is 0 Å². The Labute approximate surface area is 99.6 Å². The second-order valence-electron chi connectivity index (χ2n) is 3.38. The van der Waals surface area contributed by atoms with Gasteiger partial charge in [-0.1, -0.05) is 0 Å². The van der Waals surface area contributed by atoms with Crippen molar-refractivity contribution in [3.8, 4) is 5.75 Å². The molecular weight excluding hydrogens is 248 g/mol. The van der Waals surface area contributed by atoms with Gasteiger partial charge in [-0.3, -0.25) is 25.0 Å². The van der Waals surface area contributed by atoms with E-state index in [1.165, 1.54) is 0 Å². The minimum atomic E-state index is -1.18. The summed E-state index contributed by atoms with van der Waals surface area (Å²) in [5, 5.41) is 39.2. The molecule has 2 N–H and O–H groups in total. The maximum Gasteiger partial charge on any atom is 0.317 e. The molecule has 0 aliphatic carbocycles. The predicted octanol–water partition coefficient (Wildman–Crippen LogP) is 1.23. The number of rotatable bonds is 5. The second kappa shape index (κ2) is 5.08. The molecule has 1 rings (SSSR count). The number of carboxylic acids is 1. The van der Waals surface area contributed by atoms with Gasteiger partial charge in [-0.2, -0.15) is 0 Å². The minimum absolute atomic E-state index is 0.140. The number of phenolic OH excluding ortho intramolecular Hbond substituents is 1. The van der Waals surface area contributed by atoms with Gasteiger partial charge in [0, 0.05) is 18.1 Å². The molecule has 0 saturated carbocycles. The minimum Gasteiger partial charge on any atom is -0.502 e. The number of hydrogen-bond acceptors (Lipinski definition) is 6. The van der Waals surface area contributed by atoms with Gasteiger partial charge in [0.25, 0.3) is 5.69 Å². The van der Waals surface area contributed by atoms with Crippen LogP contribution in [0.5, 0.6) is 5.75 Å². The van der Waals surface area contributed by atoms with Crippen LogP contribution in [0.4, 0.5) is 11.4 Å². The van der Waals surface area contributed by atoms with Gasteiger partial charge in [-0.25, -0.2) is 0 Å². The van der Waals surface area contributed by atoms with Gasteiger partial charge in [0.15, 0.2) is 5.75 Å². The standard InChI is InChI=1S/C9H8N2O7/c12-8(13)2-1-5-3-6(10(15)16)4-7(9(5)14)11(17)18/h3-4,14H,1-2H2,(H,12,13). The van der Waals surface area contributed by atoms with Gasteiger partial charge in [0.1, 0.15) is 0 Å². The first-order valence-corrected chi connectivity index (χ1v) is 4.69. The third kappa shape index (κ3) is 2.90. The smallest absolute Gasteiger partial charge is 0.317 e. The average molecular weight is 256 g/mol. The van der Waals surface area contributed by atoms with Crippen LogP contribution in [0, 0.1) is 20.2 Å². The highest BCUT2D eigenvalue weighted by Crippen LogP contribution is 2.34. The number of nitrogens with zero attached hydrogens (tertiary/aromatic N) is 2. The van der Waals surface area contributed by atoms with Crippen molar-refractivity contribution in [1.29, 1.82) is 0 Å². The maximum atomic E-state index is 10.6. The molecule has 0 bridgehead atoms. The Morgan fingerprint density at radius 3 is 2.28 bits per heavy atom. The van der Waals surface area contributed by atoms with E-state index in [1.807, 2.05) is 0 Å². The summed E-state index contributed by atoms with van der Waals surface area (Å²) >= 11 is 0. The lowest BCUT2D eigenvalue weighted by atomic mass is 10.1. The van der Waals surface area contributed by atoms with Crippen molar-refractivity contribution < 1.29 is 24.9 Å². The molecule has 1 aromatic rings. The summed E-state index contributed by atoms with van der Waals surface area (Å²) in [6.45, 7) is 0. The maximum absolute atomic E-state index is 10.6. The number of nitro benzene ring substituents is 2. The highest BCUT2D eigenvalue weighted by molar-refractivity contribution is 5.68. The number of benzene rings is 1. The predicted molar refractivity (Wildman–Crippen MR) is 57.4 cm³/mol. The molecule has 0 radical (unpaired) electrons. The summed E-state index contributed by atoms with van der Waals surface area (Å²) in [6, 6.07) is 1.55. The summed E-state index contributed by atoms with van der Waals surface area (Å²) in [7, 11) is 0. The molecule has 0 atom stereocenters. The Morgan fingerprint density at radius 2 is 1.83 bits per heavy atom. The monoisotopic (exact) mass is 256 g/mol. The molecule has 0 unspecified atom stereocenters.